The SMILES string of the molecule is O=C(Cc1ccc2ccccc2c1)N(Cc1ccc(F)cc1)C1CC1. The third kappa shape index (κ3) is 3.71. The number of hydrogen-bond donors (Lipinski definition) is 0. The highest BCUT2D eigenvalue weighted by Gasteiger charge is 2.32. The average Bonchev–Trinajstić information content (AvgIpc) is 3.46. The van der Waals surface area contributed by atoms with Crippen LogP contribution in [0.2, 0.25) is 0 Å². The van der Waals surface area contributed by atoms with E-state index in [4.69, 9.17) is 0 Å². The third-order valence-electron chi connectivity index (χ3n) is 4.74. The first-order chi connectivity index (χ1) is 12.2. The van der Waals surface area contributed by atoms with E-state index in [1.165, 1.54) is 17.5 Å². The monoisotopic (exact) mass is 333 g/mol. The Kier molecular flexibility index (Phi) is 4.22. The molecule has 0 aliphatic heterocycles. The fourth-order valence-corrected chi connectivity index (χ4v) is 3.22. The normalized spacial score (nSPS) is 13.8. The Bertz CT molecular complexity index is 899. The highest BCUT2D eigenvalue weighted by Crippen LogP contribution is 2.29. The second-order valence-corrected chi connectivity index (χ2v) is 6.74. The van der Waals surface area contributed by atoms with Gasteiger partial charge in [-0.1, -0.05) is 54.6 Å². The molecule has 1 saturated carbocycles. The van der Waals surface area contributed by atoms with Gasteiger partial charge in [-0.3, -0.25) is 4.79 Å². The lowest BCUT2D eigenvalue weighted by atomic mass is 10.0. The lowest BCUT2D eigenvalue weighted by Gasteiger charge is -2.23. The summed E-state index contributed by atoms with van der Waals surface area (Å²) >= 11 is 0. The predicted octanol–water partition coefficient (Wildman–Crippen LogP) is 4.71. The smallest absolute Gasteiger partial charge is 0.227 e. The summed E-state index contributed by atoms with van der Waals surface area (Å²) in [4.78, 5) is 14.8. The maximum absolute atomic E-state index is 13.1. The van der Waals surface area contributed by atoms with Crippen LogP contribution in [0.5, 0.6) is 0 Å². The van der Waals surface area contributed by atoms with Crippen LogP contribution in [0.3, 0.4) is 0 Å². The van der Waals surface area contributed by atoms with Crippen LogP contribution in [0.1, 0.15) is 24.0 Å². The quantitative estimate of drug-likeness (QED) is 0.662. The van der Waals surface area contributed by atoms with Crippen LogP contribution < -0.4 is 0 Å². The van der Waals surface area contributed by atoms with Crippen LogP contribution in [0.25, 0.3) is 10.8 Å². The van der Waals surface area contributed by atoms with E-state index in [1.54, 1.807) is 12.1 Å². The van der Waals surface area contributed by atoms with Crippen LogP contribution in [0.15, 0.2) is 66.7 Å². The second kappa shape index (κ2) is 6.67. The maximum Gasteiger partial charge on any atom is 0.227 e. The highest BCUT2D eigenvalue weighted by molar-refractivity contribution is 5.85. The molecule has 1 aliphatic rings. The van der Waals surface area contributed by atoms with E-state index in [0.29, 0.717) is 19.0 Å². The first kappa shape index (κ1) is 15.8. The number of carbonyl (C=O) groups is 1. The van der Waals surface area contributed by atoms with Gasteiger partial charge in [0.2, 0.25) is 5.91 Å². The van der Waals surface area contributed by atoms with Crippen molar-refractivity contribution in [1.29, 1.82) is 0 Å². The van der Waals surface area contributed by atoms with Crippen molar-refractivity contribution in [3.8, 4) is 0 Å². The average molecular weight is 333 g/mol. The summed E-state index contributed by atoms with van der Waals surface area (Å²) in [6.07, 6.45) is 2.53. The van der Waals surface area contributed by atoms with Crippen LogP contribution in [-0.2, 0) is 17.8 Å². The summed E-state index contributed by atoms with van der Waals surface area (Å²) in [5, 5.41) is 2.34. The molecule has 0 radical (unpaired) electrons. The van der Waals surface area contributed by atoms with Crippen molar-refractivity contribution < 1.29 is 9.18 Å². The zero-order valence-corrected chi connectivity index (χ0v) is 14.0. The summed E-state index contributed by atoms with van der Waals surface area (Å²) in [7, 11) is 0. The van der Waals surface area contributed by atoms with Gasteiger partial charge in [0.05, 0.1) is 6.42 Å². The Morgan fingerprint density at radius 2 is 1.60 bits per heavy atom. The molecule has 0 atom stereocenters. The van der Waals surface area contributed by atoms with E-state index in [9.17, 15) is 9.18 Å². The summed E-state index contributed by atoms with van der Waals surface area (Å²) in [5.41, 5.74) is 2.01. The van der Waals surface area contributed by atoms with Gasteiger partial charge >= 0.3 is 0 Å². The van der Waals surface area contributed by atoms with Gasteiger partial charge in [-0.15, -0.1) is 0 Å². The van der Waals surface area contributed by atoms with Crippen molar-refractivity contribution in [2.75, 3.05) is 0 Å². The lowest BCUT2D eigenvalue weighted by Crippen LogP contribution is -2.33. The van der Waals surface area contributed by atoms with E-state index in [1.807, 2.05) is 23.1 Å². The molecular weight excluding hydrogens is 313 g/mol. The summed E-state index contributed by atoms with van der Waals surface area (Å²) in [6.45, 7) is 0.553. The molecule has 0 N–H and O–H groups in total. The van der Waals surface area contributed by atoms with Gasteiger partial charge in [0, 0.05) is 12.6 Å². The number of rotatable bonds is 5. The minimum absolute atomic E-state index is 0.141. The molecule has 3 aromatic carbocycles. The van der Waals surface area contributed by atoms with Crippen LogP contribution >= 0.6 is 0 Å². The number of benzene rings is 3. The number of hydrogen-bond acceptors (Lipinski definition) is 1. The van der Waals surface area contributed by atoms with E-state index < -0.39 is 0 Å². The standard InChI is InChI=1S/C22H20FNO/c23-20-9-6-16(7-10-20)15-24(21-11-12-21)22(25)14-17-5-8-18-3-1-2-4-19(18)13-17/h1-10,13,21H,11-12,14-15H2. The Morgan fingerprint density at radius 1 is 0.920 bits per heavy atom. The van der Waals surface area contributed by atoms with Crippen LogP contribution in [0.4, 0.5) is 4.39 Å². The molecule has 3 aromatic rings. The lowest BCUT2D eigenvalue weighted by molar-refractivity contribution is -0.131. The van der Waals surface area contributed by atoms with Crippen molar-refractivity contribution in [3.05, 3.63) is 83.7 Å². The number of nitrogens with zero attached hydrogens (tertiary/aromatic N) is 1. The molecule has 0 saturated heterocycles. The van der Waals surface area contributed by atoms with E-state index in [0.717, 1.165) is 29.4 Å². The van der Waals surface area contributed by atoms with Crippen molar-refractivity contribution >= 4 is 16.7 Å². The van der Waals surface area contributed by atoms with Gasteiger partial charge in [0.25, 0.3) is 0 Å². The topological polar surface area (TPSA) is 20.3 Å². The molecule has 126 valence electrons. The van der Waals surface area contributed by atoms with Gasteiger partial charge in [-0.25, -0.2) is 4.39 Å². The van der Waals surface area contributed by atoms with Crippen molar-refractivity contribution in [2.24, 2.45) is 0 Å². The molecule has 1 fully saturated rings. The van der Waals surface area contributed by atoms with Gasteiger partial charge in [0.15, 0.2) is 0 Å². The van der Waals surface area contributed by atoms with Crippen molar-refractivity contribution in [2.45, 2.75) is 31.8 Å². The molecule has 1 amide bonds. The molecule has 0 heterocycles. The molecule has 1 aliphatic carbocycles. The predicted molar refractivity (Wildman–Crippen MR) is 97.6 cm³/mol. The largest absolute Gasteiger partial charge is 0.335 e. The molecule has 0 aromatic heterocycles. The summed E-state index contributed by atoms with van der Waals surface area (Å²) in [5.74, 6) is -0.105. The van der Waals surface area contributed by atoms with Gasteiger partial charge < -0.3 is 4.90 Å². The maximum atomic E-state index is 13.1. The van der Waals surface area contributed by atoms with E-state index in [-0.39, 0.29) is 11.7 Å². The molecule has 0 unspecified atom stereocenters. The van der Waals surface area contributed by atoms with Gasteiger partial charge in [0.1, 0.15) is 5.82 Å². The number of carbonyl (C=O) groups excluding carboxylic acids is 1. The first-order valence-electron chi connectivity index (χ1n) is 8.71. The molecule has 2 nitrogen and oxygen atoms in total. The number of fused-ring (bicyclic) bond motifs is 1. The number of amides is 1. The van der Waals surface area contributed by atoms with Crippen molar-refractivity contribution in [3.63, 3.8) is 0 Å². The fourth-order valence-electron chi connectivity index (χ4n) is 3.22. The Morgan fingerprint density at radius 3 is 2.32 bits per heavy atom. The second-order valence-electron chi connectivity index (χ2n) is 6.74. The van der Waals surface area contributed by atoms with E-state index in [2.05, 4.69) is 24.3 Å². The first-order valence-corrected chi connectivity index (χ1v) is 8.71. The molecule has 4 rings (SSSR count). The van der Waals surface area contributed by atoms with Gasteiger partial charge in [-0.05, 0) is 46.9 Å². The fraction of sp³-hybridized carbons (Fsp3) is 0.227. The minimum Gasteiger partial charge on any atom is -0.335 e. The van der Waals surface area contributed by atoms with Gasteiger partial charge in [-0.2, -0.15) is 0 Å². The molecule has 3 heteroatoms. The van der Waals surface area contributed by atoms with Crippen molar-refractivity contribution in [1.82, 2.24) is 4.90 Å². The molecule has 0 spiro atoms. The zero-order valence-electron chi connectivity index (χ0n) is 14.0. The van der Waals surface area contributed by atoms with E-state index >= 15 is 0 Å². The summed E-state index contributed by atoms with van der Waals surface area (Å²) < 4.78 is 13.1. The highest BCUT2D eigenvalue weighted by atomic mass is 19.1. The summed E-state index contributed by atoms with van der Waals surface area (Å²) in [6, 6.07) is 21.1. The molecule has 0 bridgehead atoms. The molecular formula is C22H20FNO. The Balaban J connectivity index is 1.51. The minimum atomic E-state index is -0.246. The Labute approximate surface area is 146 Å². The Hall–Kier alpha value is -2.68. The van der Waals surface area contributed by atoms with Crippen LogP contribution in [0, 0.1) is 5.82 Å². The third-order valence-corrected chi connectivity index (χ3v) is 4.74. The zero-order chi connectivity index (χ0) is 17.2. The molecule has 25 heavy (non-hydrogen) atoms. The van der Waals surface area contributed by atoms with Crippen LogP contribution in [-0.4, -0.2) is 16.8 Å². The number of halogens is 1.